The number of morpholine rings is 1. The van der Waals surface area contributed by atoms with Gasteiger partial charge in [0.25, 0.3) is 0 Å². The maximum Gasteiger partial charge on any atom is 0.139 e. The summed E-state index contributed by atoms with van der Waals surface area (Å²) in [6.07, 6.45) is 1.14. The summed E-state index contributed by atoms with van der Waals surface area (Å²) >= 11 is 1.42. The van der Waals surface area contributed by atoms with Gasteiger partial charge in [-0.15, -0.1) is 0 Å². The van der Waals surface area contributed by atoms with Crippen molar-refractivity contribution in [3.8, 4) is 0 Å². The van der Waals surface area contributed by atoms with E-state index in [1.165, 1.54) is 11.5 Å². The molecule has 0 unspecified atom stereocenters. The first-order valence-electron chi connectivity index (χ1n) is 5.61. The largest absolute Gasteiger partial charge is 0.383 e. The second kappa shape index (κ2) is 6.03. The number of hydrogen-bond donors (Lipinski definition) is 2. The van der Waals surface area contributed by atoms with Gasteiger partial charge in [0.1, 0.15) is 10.8 Å². The summed E-state index contributed by atoms with van der Waals surface area (Å²) in [5.74, 6) is 0.598. The molecule has 6 heteroatoms. The van der Waals surface area contributed by atoms with Gasteiger partial charge in [-0.05, 0) is 24.5 Å². The van der Waals surface area contributed by atoms with E-state index in [4.69, 9.17) is 10.5 Å². The van der Waals surface area contributed by atoms with Crippen molar-refractivity contribution >= 4 is 22.4 Å². The number of ether oxygens (including phenoxy) is 1. The quantitative estimate of drug-likeness (QED) is 0.750. The van der Waals surface area contributed by atoms with E-state index in [1.54, 1.807) is 0 Å². The standard InChI is InChI=1S/C10H18N4OS/c11-9-8-10(16-13-9)12-2-1-3-14-4-6-15-7-5-14/h8,12H,1-7H2,(H2,11,13). The van der Waals surface area contributed by atoms with Crippen LogP contribution in [-0.4, -0.2) is 48.7 Å². The fourth-order valence-corrected chi connectivity index (χ4v) is 2.31. The minimum atomic E-state index is 0.598. The minimum absolute atomic E-state index is 0.598. The van der Waals surface area contributed by atoms with Gasteiger partial charge in [0.2, 0.25) is 0 Å². The number of nitrogens with zero attached hydrogens (tertiary/aromatic N) is 2. The molecule has 5 nitrogen and oxygen atoms in total. The van der Waals surface area contributed by atoms with Gasteiger partial charge < -0.3 is 15.8 Å². The molecule has 1 saturated heterocycles. The SMILES string of the molecule is Nc1cc(NCCCN2CCOCC2)sn1. The first-order valence-corrected chi connectivity index (χ1v) is 6.38. The molecule has 1 aliphatic rings. The number of aromatic nitrogens is 1. The highest BCUT2D eigenvalue weighted by Gasteiger charge is 2.08. The molecule has 90 valence electrons. The molecule has 2 rings (SSSR count). The van der Waals surface area contributed by atoms with Crippen LogP contribution < -0.4 is 11.1 Å². The predicted octanol–water partition coefficient (Wildman–Crippen LogP) is 0.859. The zero-order chi connectivity index (χ0) is 11.2. The average Bonchev–Trinajstić information content (AvgIpc) is 2.72. The van der Waals surface area contributed by atoms with Crippen LogP contribution in [0.5, 0.6) is 0 Å². The van der Waals surface area contributed by atoms with Crippen molar-refractivity contribution in [1.29, 1.82) is 0 Å². The van der Waals surface area contributed by atoms with Crippen LogP contribution >= 0.6 is 11.5 Å². The highest BCUT2D eigenvalue weighted by Crippen LogP contribution is 2.16. The van der Waals surface area contributed by atoms with Crippen molar-refractivity contribution in [1.82, 2.24) is 9.27 Å². The first-order chi connectivity index (χ1) is 7.84. The Bertz CT molecular complexity index is 312. The number of nitrogens with one attached hydrogen (secondary N) is 1. The molecule has 1 aromatic rings. The molecule has 3 N–H and O–H groups in total. The number of anilines is 2. The third-order valence-corrected chi connectivity index (χ3v) is 3.34. The smallest absolute Gasteiger partial charge is 0.139 e. The number of nitrogen functional groups attached to an aromatic ring is 1. The average molecular weight is 242 g/mol. The Morgan fingerprint density at radius 2 is 2.31 bits per heavy atom. The van der Waals surface area contributed by atoms with Gasteiger partial charge in [-0.2, -0.15) is 4.37 Å². The molecular weight excluding hydrogens is 224 g/mol. The van der Waals surface area contributed by atoms with Gasteiger partial charge in [-0.25, -0.2) is 0 Å². The molecule has 0 saturated carbocycles. The first kappa shape index (κ1) is 11.6. The molecule has 0 radical (unpaired) electrons. The van der Waals surface area contributed by atoms with Gasteiger partial charge in [-0.1, -0.05) is 0 Å². The van der Waals surface area contributed by atoms with E-state index in [0.29, 0.717) is 5.82 Å². The summed E-state index contributed by atoms with van der Waals surface area (Å²) in [5, 5.41) is 4.38. The summed E-state index contributed by atoms with van der Waals surface area (Å²) in [5.41, 5.74) is 5.54. The number of hydrogen-bond acceptors (Lipinski definition) is 6. The Labute approximate surface area is 99.7 Å². The monoisotopic (exact) mass is 242 g/mol. The molecule has 0 aromatic carbocycles. The van der Waals surface area contributed by atoms with Crippen molar-refractivity contribution in [2.75, 3.05) is 50.4 Å². The summed E-state index contributed by atoms with van der Waals surface area (Å²) in [6.45, 7) is 5.97. The van der Waals surface area contributed by atoms with Crippen LogP contribution in [-0.2, 0) is 4.74 Å². The van der Waals surface area contributed by atoms with E-state index in [2.05, 4.69) is 14.6 Å². The summed E-state index contributed by atoms with van der Waals surface area (Å²) < 4.78 is 9.32. The van der Waals surface area contributed by atoms with E-state index in [0.717, 1.165) is 50.8 Å². The summed E-state index contributed by atoms with van der Waals surface area (Å²) in [4.78, 5) is 2.44. The van der Waals surface area contributed by atoms with Gasteiger partial charge >= 0.3 is 0 Å². The molecule has 2 heterocycles. The van der Waals surface area contributed by atoms with E-state index < -0.39 is 0 Å². The van der Waals surface area contributed by atoms with Crippen molar-refractivity contribution < 1.29 is 4.74 Å². The van der Waals surface area contributed by atoms with Crippen molar-refractivity contribution in [2.24, 2.45) is 0 Å². The van der Waals surface area contributed by atoms with Gasteiger partial charge in [0, 0.05) is 25.7 Å². The van der Waals surface area contributed by atoms with Gasteiger partial charge in [0.15, 0.2) is 0 Å². The van der Waals surface area contributed by atoms with Crippen molar-refractivity contribution in [3.63, 3.8) is 0 Å². The minimum Gasteiger partial charge on any atom is -0.383 e. The van der Waals surface area contributed by atoms with Crippen molar-refractivity contribution in [3.05, 3.63) is 6.07 Å². The molecule has 0 spiro atoms. The van der Waals surface area contributed by atoms with Crippen LogP contribution in [0, 0.1) is 0 Å². The lowest BCUT2D eigenvalue weighted by Crippen LogP contribution is -2.37. The molecule has 1 aliphatic heterocycles. The topological polar surface area (TPSA) is 63.4 Å². The molecule has 0 bridgehead atoms. The highest BCUT2D eigenvalue weighted by atomic mass is 32.1. The zero-order valence-electron chi connectivity index (χ0n) is 9.32. The van der Waals surface area contributed by atoms with E-state index in [1.807, 2.05) is 6.07 Å². The summed E-state index contributed by atoms with van der Waals surface area (Å²) in [7, 11) is 0. The Hall–Kier alpha value is -0.850. The summed E-state index contributed by atoms with van der Waals surface area (Å²) in [6, 6.07) is 1.87. The Morgan fingerprint density at radius 1 is 1.50 bits per heavy atom. The molecular formula is C10H18N4OS. The molecule has 0 amide bonds. The number of rotatable bonds is 5. The zero-order valence-corrected chi connectivity index (χ0v) is 10.1. The Balaban J connectivity index is 1.57. The molecule has 0 aliphatic carbocycles. The maximum atomic E-state index is 5.54. The van der Waals surface area contributed by atoms with E-state index in [9.17, 15) is 0 Å². The van der Waals surface area contributed by atoms with Crippen LogP contribution in [0.25, 0.3) is 0 Å². The third-order valence-electron chi connectivity index (χ3n) is 2.58. The molecule has 16 heavy (non-hydrogen) atoms. The van der Waals surface area contributed by atoms with Gasteiger partial charge in [-0.3, -0.25) is 4.90 Å². The maximum absolute atomic E-state index is 5.54. The highest BCUT2D eigenvalue weighted by molar-refractivity contribution is 7.10. The van der Waals surface area contributed by atoms with Crippen LogP contribution in [0.3, 0.4) is 0 Å². The Morgan fingerprint density at radius 3 is 3.00 bits per heavy atom. The lowest BCUT2D eigenvalue weighted by atomic mass is 10.3. The fourth-order valence-electron chi connectivity index (χ4n) is 1.71. The van der Waals surface area contributed by atoms with Gasteiger partial charge in [0.05, 0.1) is 13.2 Å². The second-order valence-corrected chi connectivity index (χ2v) is 4.66. The van der Waals surface area contributed by atoms with Crippen LogP contribution in [0.15, 0.2) is 6.07 Å². The van der Waals surface area contributed by atoms with Crippen molar-refractivity contribution in [2.45, 2.75) is 6.42 Å². The predicted molar refractivity (Wildman–Crippen MR) is 66.9 cm³/mol. The third kappa shape index (κ3) is 3.62. The Kier molecular flexibility index (Phi) is 4.38. The lowest BCUT2D eigenvalue weighted by molar-refractivity contribution is 0.0378. The van der Waals surface area contributed by atoms with Crippen LogP contribution in [0.4, 0.5) is 10.8 Å². The van der Waals surface area contributed by atoms with E-state index in [-0.39, 0.29) is 0 Å². The lowest BCUT2D eigenvalue weighted by Gasteiger charge is -2.26. The van der Waals surface area contributed by atoms with Crippen LogP contribution in [0.1, 0.15) is 6.42 Å². The molecule has 1 aromatic heterocycles. The van der Waals surface area contributed by atoms with Crippen LogP contribution in [0.2, 0.25) is 0 Å². The molecule has 1 fully saturated rings. The normalized spacial score (nSPS) is 17.5. The number of nitrogens with two attached hydrogens (primary N) is 1. The second-order valence-electron chi connectivity index (χ2n) is 3.85. The molecule has 0 atom stereocenters. The fraction of sp³-hybridized carbons (Fsp3) is 0.700. The van der Waals surface area contributed by atoms with E-state index >= 15 is 0 Å².